The van der Waals surface area contributed by atoms with Gasteiger partial charge in [0.1, 0.15) is 38.4 Å². The van der Waals surface area contributed by atoms with E-state index >= 15 is 0 Å². The number of hydrogen-bond acceptors (Lipinski definition) is 15. The Morgan fingerprint density at radius 3 is 1.61 bits per heavy atom. The molecule has 0 aliphatic rings. The predicted molar refractivity (Wildman–Crippen MR) is 284 cm³/mol. The molecule has 0 aliphatic carbocycles. The van der Waals surface area contributed by atoms with Crippen LogP contribution in [-0.4, -0.2) is 93.8 Å². The van der Waals surface area contributed by atoms with Gasteiger partial charge in [-0.3, -0.25) is 18.9 Å². The molecule has 23 heteroatoms. The SMILES string of the molecule is CCOc1cccc(N=C([O-])c2cc3ccccc3c(N=Nc3c(Cl)ccc(C)c3S(=O)(=O)O)c2[O-])c1.CCOc1cccc(NC(=O)c2cc3ccccc3c(N=Nc3c(Cl)ccc(C)c3S(=O)(=O)O)c2O)c1.[Ca+2]. The molecule has 0 radical (unpaired) electrons. The van der Waals surface area contributed by atoms with Crippen molar-refractivity contribution in [3.63, 3.8) is 0 Å². The molecule has 0 aromatic heterocycles. The second-order valence-corrected chi connectivity index (χ2v) is 19.4. The van der Waals surface area contributed by atoms with Crippen molar-refractivity contribution in [2.24, 2.45) is 25.4 Å². The summed E-state index contributed by atoms with van der Waals surface area (Å²) < 4.78 is 78.2. The molecule has 8 aromatic carbocycles. The standard InChI is InChI=1S/2C26H22ClN3O6S.Ca/c2*1-3-36-18-9-6-8-17(14-18)28-26(32)20-13-16-7-4-5-10-19(16)22(24(20)31)29-30-23-21(27)12-11-15(2)25(23)37(33,34)35;/h2*4-14,31H,3H2,1-2H3,(H,28,32)(H,33,34,35);/q;;+2/p-2. The summed E-state index contributed by atoms with van der Waals surface area (Å²) >= 11 is 12.3. The van der Waals surface area contributed by atoms with Gasteiger partial charge in [0.05, 0.1) is 40.2 Å². The first-order valence-electron chi connectivity index (χ1n) is 22.1. The summed E-state index contributed by atoms with van der Waals surface area (Å²) in [5.41, 5.74) is -0.102. The minimum atomic E-state index is -4.70. The average Bonchev–Trinajstić information content (AvgIpc) is 3.34. The van der Waals surface area contributed by atoms with Crippen LogP contribution in [-0.2, 0) is 20.2 Å². The number of aliphatic imine (C=N–C) groups is 1. The van der Waals surface area contributed by atoms with Crippen LogP contribution < -0.4 is 25.0 Å². The smallest absolute Gasteiger partial charge is 0.871 e. The minimum Gasteiger partial charge on any atom is -0.871 e. The number of amides is 1. The number of anilines is 1. The summed E-state index contributed by atoms with van der Waals surface area (Å²) in [5, 5.41) is 58.0. The van der Waals surface area contributed by atoms with E-state index in [4.69, 9.17) is 32.7 Å². The Kier molecular flexibility index (Phi) is 19.0. The molecule has 0 spiro atoms. The van der Waals surface area contributed by atoms with Gasteiger partial charge in [0, 0.05) is 28.6 Å². The van der Waals surface area contributed by atoms with Crippen molar-refractivity contribution in [1.29, 1.82) is 0 Å². The first-order chi connectivity index (χ1) is 35.2. The van der Waals surface area contributed by atoms with E-state index in [9.17, 15) is 46.1 Å². The van der Waals surface area contributed by atoms with Crippen molar-refractivity contribution >= 4 is 149 Å². The summed E-state index contributed by atoms with van der Waals surface area (Å²) in [6.07, 6.45) is 0. The van der Waals surface area contributed by atoms with Crippen LogP contribution in [0.3, 0.4) is 0 Å². The van der Waals surface area contributed by atoms with Crippen LogP contribution in [0.1, 0.15) is 40.9 Å². The molecule has 8 aromatic rings. The second kappa shape index (κ2) is 24.7. The number of hydrogen-bond donors (Lipinski definition) is 4. The second-order valence-electron chi connectivity index (χ2n) is 15.9. The van der Waals surface area contributed by atoms with Crippen molar-refractivity contribution in [1.82, 2.24) is 0 Å². The van der Waals surface area contributed by atoms with Crippen molar-refractivity contribution in [2.75, 3.05) is 18.5 Å². The molecule has 380 valence electrons. The molecule has 0 unspecified atom stereocenters. The molecule has 0 saturated heterocycles. The van der Waals surface area contributed by atoms with Gasteiger partial charge in [-0.05, 0) is 110 Å². The summed E-state index contributed by atoms with van der Waals surface area (Å²) in [5.74, 6) is -1.54. The largest absolute Gasteiger partial charge is 2.00 e. The number of phenols is 1. The number of benzene rings is 8. The third-order valence-corrected chi connectivity index (χ3v) is 13.5. The molecule has 8 rings (SSSR count). The number of nitrogens with zero attached hydrogens (tertiary/aromatic N) is 5. The molecule has 1 amide bonds. The molecule has 75 heavy (non-hydrogen) atoms. The van der Waals surface area contributed by atoms with Gasteiger partial charge < -0.3 is 30.1 Å². The van der Waals surface area contributed by atoms with E-state index in [1.54, 1.807) is 97.1 Å². The fraction of sp³-hybridized carbons (Fsp3) is 0.115. The van der Waals surface area contributed by atoms with Gasteiger partial charge in [-0.25, -0.2) is 0 Å². The van der Waals surface area contributed by atoms with Gasteiger partial charge in [0.2, 0.25) is 0 Å². The topological polar surface area (TPSA) is 284 Å². The number of aromatic hydroxyl groups is 1. The number of ether oxygens (including phenoxy) is 2. The zero-order valence-corrected chi connectivity index (χ0v) is 45.5. The van der Waals surface area contributed by atoms with E-state index in [1.807, 2.05) is 13.8 Å². The quantitative estimate of drug-likeness (QED) is 0.0260. The van der Waals surface area contributed by atoms with Crippen molar-refractivity contribution < 1.29 is 55.5 Å². The van der Waals surface area contributed by atoms with Crippen LogP contribution in [0.15, 0.2) is 169 Å². The van der Waals surface area contributed by atoms with E-state index in [1.165, 1.54) is 50.2 Å². The molecular weight excluding hydrogens is 1080 g/mol. The fourth-order valence-corrected chi connectivity index (χ4v) is 9.75. The van der Waals surface area contributed by atoms with Crippen LogP contribution in [0.25, 0.3) is 21.5 Å². The van der Waals surface area contributed by atoms with E-state index < -0.39 is 53.3 Å². The van der Waals surface area contributed by atoms with E-state index in [-0.39, 0.29) is 92.8 Å². The van der Waals surface area contributed by atoms with Crippen molar-refractivity contribution in [2.45, 2.75) is 37.5 Å². The van der Waals surface area contributed by atoms with Crippen LogP contribution in [0.5, 0.6) is 23.0 Å². The Hall–Kier alpha value is -6.72. The normalized spacial score (nSPS) is 11.9. The number of halogens is 2. The third-order valence-electron chi connectivity index (χ3n) is 10.8. The van der Waals surface area contributed by atoms with Crippen LogP contribution in [0.4, 0.5) is 34.1 Å². The average molecular weight is 1120 g/mol. The van der Waals surface area contributed by atoms with Crippen LogP contribution in [0, 0.1) is 13.8 Å². The molecule has 0 bridgehead atoms. The Morgan fingerprint density at radius 2 is 1.08 bits per heavy atom. The summed E-state index contributed by atoms with van der Waals surface area (Å²) in [6, 6.07) is 35.5. The fourth-order valence-electron chi connectivity index (χ4n) is 7.51. The van der Waals surface area contributed by atoms with Crippen LogP contribution in [0.2, 0.25) is 10.0 Å². The molecular formula is C52H42CaCl2N6O12S2. The van der Waals surface area contributed by atoms with Crippen LogP contribution >= 0.6 is 23.2 Å². The minimum absolute atomic E-state index is 0. The summed E-state index contributed by atoms with van der Waals surface area (Å²) in [6.45, 7) is 7.49. The number of aryl methyl sites for hydroxylation is 2. The number of phenolic OH excluding ortho intramolecular Hbond substituents is 1. The molecule has 0 heterocycles. The molecule has 18 nitrogen and oxygen atoms in total. The Balaban J connectivity index is 0.000000241. The third kappa shape index (κ3) is 13.6. The van der Waals surface area contributed by atoms with E-state index in [0.717, 1.165) is 0 Å². The number of azo groups is 2. The van der Waals surface area contributed by atoms with Crippen molar-refractivity contribution in [3.8, 4) is 23.0 Å². The summed E-state index contributed by atoms with van der Waals surface area (Å²) in [7, 11) is -9.39. The Bertz CT molecular complexity index is 3830. The maximum absolute atomic E-state index is 13.4. The zero-order chi connectivity index (χ0) is 53.5. The maximum atomic E-state index is 13.4. The van der Waals surface area contributed by atoms with Gasteiger partial charge in [0.15, 0.2) is 5.75 Å². The molecule has 0 fully saturated rings. The van der Waals surface area contributed by atoms with Gasteiger partial charge in [-0.2, -0.15) is 21.9 Å². The summed E-state index contributed by atoms with van der Waals surface area (Å²) in [4.78, 5) is 16.2. The molecule has 4 N–H and O–H groups in total. The predicted octanol–water partition coefficient (Wildman–Crippen LogP) is 11.8. The Morgan fingerprint density at radius 1 is 0.613 bits per heavy atom. The van der Waals surface area contributed by atoms with Gasteiger partial charge in [-0.15, -0.1) is 15.3 Å². The maximum Gasteiger partial charge on any atom is 2.00 e. The Labute approximate surface area is 470 Å². The number of nitrogens with one attached hydrogen (secondary N) is 1. The number of carbonyl (C=O) groups excluding carboxylic acids is 1. The first kappa shape index (κ1) is 57.6. The zero-order valence-electron chi connectivity index (χ0n) is 40.1. The van der Waals surface area contributed by atoms with Gasteiger partial charge in [-0.1, -0.05) is 102 Å². The van der Waals surface area contributed by atoms with Crippen molar-refractivity contribution in [3.05, 3.63) is 166 Å². The van der Waals surface area contributed by atoms with E-state index in [0.29, 0.717) is 57.6 Å². The van der Waals surface area contributed by atoms with Gasteiger partial charge >= 0.3 is 37.7 Å². The number of fused-ring (bicyclic) bond motifs is 2. The molecule has 0 saturated carbocycles. The monoisotopic (exact) mass is 1120 g/mol. The van der Waals surface area contributed by atoms with Gasteiger partial charge in [0.25, 0.3) is 26.1 Å². The number of rotatable bonds is 14. The van der Waals surface area contributed by atoms with E-state index in [2.05, 4.69) is 30.8 Å². The number of carbonyl (C=O) groups is 1. The molecule has 0 aliphatic heterocycles. The first-order valence-corrected chi connectivity index (χ1v) is 25.7. The molecule has 0 atom stereocenters.